The van der Waals surface area contributed by atoms with Crippen molar-refractivity contribution in [3.05, 3.63) is 38.7 Å². The third-order valence-corrected chi connectivity index (χ3v) is 4.77. The number of carbonyl (C=O) groups excluding carboxylic acids is 2. The fraction of sp³-hybridized carbons (Fsp3) is 0.154. The minimum Gasteiger partial charge on any atom is -0.550 e. The van der Waals surface area contributed by atoms with Gasteiger partial charge in [0.2, 0.25) is 0 Å². The van der Waals surface area contributed by atoms with Gasteiger partial charge in [-0.05, 0) is 23.8 Å². The van der Waals surface area contributed by atoms with E-state index in [4.69, 9.17) is 35.4 Å². The van der Waals surface area contributed by atoms with E-state index in [2.05, 4.69) is 0 Å². The van der Waals surface area contributed by atoms with Crippen LogP contribution in [0, 0.1) is 0 Å². The molecule has 0 aliphatic carbocycles. The van der Waals surface area contributed by atoms with Gasteiger partial charge < -0.3 is 9.90 Å². The molecule has 8 heteroatoms. The Labute approximate surface area is 140 Å². The van der Waals surface area contributed by atoms with Gasteiger partial charge in [-0.25, -0.2) is 0 Å². The molecule has 0 atom stereocenters. The molecule has 1 aliphatic rings. The third kappa shape index (κ3) is 3.97. The molecular weight excluding hydrogens is 353 g/mol. The average Bonchev–Trinajstić information content (AvgIpc) is 2.67. The molecule has 0 radical (unpaired) electrons. The number of hydrogen-bond donors (Lipinski definition) is 0. The van der Waals surface area contributed by atoms with E-state index in [1.807, 2.05) is 0 Å². The number of thioether (sulfide) groups is 1. The number of carboxylic acid groups (broad SMARTS) is 1. The molecule has 4 nitrogen and oxygen atoms in total. The molecule has 21 heavy (non-hydrogen) atoms. The maximum atomic E-state index is 12.2. The molecule has 1 saturated heterocycles. The molecule has 1 fully saturated rings. The lowest BCUT2D eigenvalue weighted by Gasteiger charge is -2.14. The van der Waals surface area contributed by atoms with Crippen molar-refractivity contribution in [2.24, 2.45) is 0 Å². The van der Waals surface area contributed by atoms with E-state index in [0.717, 1.165) is 11.8 Å². The zero-order chi connectivity index (χ0) is 15.6. The van der Waals surface area contributed by atoms with Gasteiger partial charge in [-0.3, -0.25) is 9.69 Å². The number of hydrogen-bond acceptors (Lipinski definition) is 5. The highest BCUT2D eigenvalue weighted by Gasteiger charge is 2.31. The van der Waals surface area contributed by atoms with E-state index < -0.39 is 5.97 Å². The number of carbonyl (C=O) groups is 2. The Morgan fingerprint density at radius 3 is 2.71 bits per heavy atom. The lowest BCUT2D eigenvalue weighted by atomic mass is 10.2. The number of rotatable bonds is 4. The fourth-order valence-corrected chi connectivity index (χ4v) is 3.26. The minimum absolute atomic E-state index is 0.00567. The van der Waals surface area contributed by atoms with E-state index in [-0.39, 0.29) is 18.9 Å². The summed E-state index contributed by atoms with van der Waals surface area (Å²) in [7, 11) is 0. The van der Waals surface area contributed by atoms with E-state index in [1.54, 1.807) is 24.3 Å². The van der Waals surface area contributed by atoms with Gasteiger partial charge in [-0.1, -0.05) is 53.2 Å². The van der Waals surface area contributed by atoms with Crippen LogP contribution < -0.4 is 5.11 Å². The number of halogens is 2. The maximum Gasteiger partial charge on any atom is 0.266 e. The van der Waals surface area contributed by atoms with E-state index in [9.17, 15) is 14.7 Å². The summed E-state index contributed by atoms with van der Waals surface area (Å²) in [6.07, 6.45) is 1.38. The highest BCUT2D eigenvalue weighted by molar-refractivity contribution is 8.26. The first-order valence-electron chi connectivity index (χ1n) is 5.79. The van der Waals surface area contributed by atoms with Gasteiger partial charge >= 0.3 is 0 Å². The molecule has 0 bridgehead atoms. The Morgan fingerprint density at radius 1 is 1.38 bits per heavy atom. The molecule has 0 spiro atoms. The quantitative estimate of drug-likeness (QED) is 0.609. The molecule has 0 N–H and O–H groups in total. The number of aliphatic carboxylic acids is 1. The lowest BCUT2D eigenvalue weighted by Crippen LogP contribution is -2.33. The summed E-state index contributed by atoms with van der Waals surface area (Å²) in [5.41, 5.74) is 0.713. The van der Waals surface area contributed by atoms with Crippen molar-refractivity contribution in [3.8, 4) is 0 Å². The van der Waals surface area contributed by atoms with Crippen LogP contribution in [-0.4, -0.2) is 27.6 Å². The van der Waals surface area contributed by atoms with Gasteiger partial charge in [-0.15, -0.1) is 0 Å². The predicted octanol–water partition coefficient (Wildman–Crippen LogP) is 2.33. The van der Waals surface area contributed by atoms with Crippen LogP contribution >= 0.6 is 47.2 Å². The topological polar surface area (TPSA) is 60.4 Å². The molecule has 2 rings (SSSR count). The van der Waals surface area contributed by atoms with Gasteiger partial charge in [0, 0.05) is 18.9 Å². The second-order valence-corrected chi connectivity index (χ2v) is 6.62. The van der Waals surface area contributed by atoms with Gasteiger partial charge in [0.25, 0.3) is 5.91 Å². The molecular formula is C13H8Cl2NO3S2-. The second kappa shape index (κ2) is 6.79. The first kappa shape index (κ1) is 16.3. The van der Waals surface area contributed by atoms with Crippen LogP contribution in [0.15, 0.2) is 23.1 Å². The van der Waals surface area contributed by atoms with Gasteiger partial charge in [-0.2, -0.15) is 0 Å². The van der Waals surface area contributed by atoms with E-state index >= 15 is 0 Å². The standard InChI is InChI=1S/C13H9Cl2NO3S2/c14-8-2-1-7(5-9(8)15)6-10-12(19)16(13(20)21-10)4-3-11(17)18/h1-2,5-6H,3-4H2,(H,17,18)/p-1/b10-6+. The summed E-state index contributed by atoms with van der Waals surface area (Å²) < 4.78 is 0.326. The highest BCUT2D eigenvalue weighted by Crippen LogP contribution is 2.33. The first-order chi connectivity index (χ1) is 9.88. The van der Waals surface area contributed by atoms with Crippen molar-refractivity contribution >= 4 is 69.5 Å². The number of nitrogens with zero attached hydrogens (tertiary/aromatic N) is 1. The lowest BCUT2D eigenvalue weighted by molar-refractivity contribution is -0.305. The SMILES string of the molecule is O=C([O-])CCN1C(=O)/C(=C\c2ccc(Cl)c(Cl)c2)SC1=S. The summed E-state index contributed by atoms with van der Waals surface area (Å²) in [5.74, 6) is -1.55. The van der Waals surface area contributed by atoms with Crippen LogP contribution in [0.4, 0.5) is 0 Å². The molecule has 1 aliphatic heterocycles. The number of carboxylic acids is 1. The smallest absolute Gasteiger partial charge is 0.266 e. The number of benzene rings is 1. The normalized spacial score (nSPS) is 16.9. The molecule has 0 saturated carbocycles. The number of amides is 1. The number of thiocarbonyl (C=S) groups is 1. The first-order valence-corrected chi connectivity index (χ1v) is 7.77. The molecule has 0 aromatic heterocycles. The summed E-state index contributed by atoms with van der Waals surface area (Å²) in [6, 6.07) is 4.99. The van der Waals surface area contributed by atoms with E-state index in [1.165, 1.54) is 4.90 Å². The van der Waals surface area contributed by atoms with Crippen LogP contribution in [0.5, 0.6) is 0 Å². The van der Waals surface area contributed by atoms with Crippen LogP contribution in [-0.2, 0) is 9.59 Å². The van der Waals surface area contributed by atoms with Crippen molar-refractivity contribution in [2.75, 3.05) is 6.54 Å². The summed E-state index contributed by atoms with van der Waals surface area (Å²) in [5, 5.41) is 11.3. The second-order valence-electron chi connectivity index (χ2n) is 4.13. The van der Waals surface area contributed by atoms with Crippen molar-refractivity contribution in [3.63, 3.8) is 0 Å². The van der Waals surface area contributed by atoms with Crippen molar-refractivity contribution in [1.29, 1.82) is 0 Å². The Bertz CT molecular complexity index is 661. The van der Waals surface area contributed by atoms with Crippen molar-refractivity contribution < 1.29 is 14.7 Å². The van der Waals surface area contributed by atoms with Crippen molar-refractivity contribution in [1.82, 2.24) is 4.90 Å². The molecule has 1 aromatic rings. The van der Waals surface area contributed by atoms with Crippen molar-refractivity contribution in [2.45, 2.75) is 6.42 Å². The average molecular weight is 361 g/mol. The zero-order valence-electron chi connectivity index (χ0n) is 10.5. The fourth-order valence-electron chi connectivity index (χ4n) is 1.65. The van der Waals surface area contributed by atoms with Gasteiger partial charge in [0.15, 0.2) is 0 Å². The zero-order valence-corrected chi connectivity index (χ0v) is 13.6. The van der Waals surface area contributed by atoms with E-state index in [0.29, 0.717) is 24.8 Å². The van der Waals surface area contributed by atoms with Crippen LogP contribution in [0.2, 0.25) is 10.0 Å². The Morgan fingerprint density at radius 2 is 2.10 bits per heavy atom. The highest BCUT2D eigenvalue weighted by atomic mass is 35.5. The largest absolute Gasteiger partial charge is 0.550 e. The Hall–Kier alpha value is -1.08. The minimum atomic E-state index is -1.22. The van der Waals surface area contributed by atoms with Gasteiger partial charge in [0.05, 0.1) is 15.0 Å². The van der Waals surface area contributed by atoms with Crippen LogP contribution in [0.1, 0.15) is 12.0 Å². The Balaban J connectivity index is 2.19. The monoisotopic (exact) mass is 360 g/mol. The summed E-state index contributed by atoms with van der Waals surface area (Å²) in [6.45, 7) is 0.00567. The molecule has 1 heterocycles. The summed E-state index contributed by atoms with van der Waals surface area (Å²) in [4.78, 5) is 24.3. The summed E-state index contributed by atoms with van der Waals surface area (Å²) >= 11 is 17.9. The third-order valence-electron chi connectivity index (χ3n) is 2.65. The predicted molar refractivity (Wildman–Crippen MR) is 86.0 cm³/mol. The molecule has 1 amide bonds. The molecule has 0 unspecified atom stereocenters. The van der Waals surface area contributed by atoms with Crippen LogP contribution in [0.25, 0.3) is 6.08 Å². The van der Waals surface area contributed by atoms with Gasteiger partial charge in [0.1, 0.15) is 4.32 Å². The molecule has 110 valence electrons. The van der Waals surface area contributed by atoms with Crippen LogP contribution in [0.3, 0.4) is 0 Å². The Kier molecular flexibility index (Phi) is 5.27. The maximum absolute atomic E-state index is 12.2. The molecule has 1 aromatic carbocycles.